The number of aromatic nitrogens is 5. The highest BCUT2D eigenvalue weighted by Crippen LogP contribution is 2.28. The van der Waals surface area contributed by atoms with Crippen LogP contribution in [0.5, 0.6) is 0 Å². The van der Waals surface area contributed by atoms with Gasteiger partial charge in [0.25, 0.3) is 0 Å². The molecule has 0 fully saturated rings. The van der Waals surface area contributed by atoms with E-state index < -0.39 is 42.1 Å². The van der Waals surface area contributed by atoms with Crippen LogP contribution in [-0.2, 0) is 23.7 Å². The first-order valence-electron chi connectivity index (χ1n) is 10.4. The Morgan fingerprint density at radius 3 is 2.66 bits per heavy atom. The van der Waals surface area contributed by atoms with Crippen LogP contribution in [0.1, 0.15) is 16.8 Å². The number of hydrogen-bond acceptors (Lipinski definition) is 6. The third-order valence-electron chi connectivity index (χ3n) is 5.06. The second-order valence-electron chi connectivity index (χ2n) is 7.44. The molecule has 12 heteroatoms. The van der Waals surface area contributed by atoms with Gasteiger partial charge in [-0.05, 0) is 23.8 Å². The fraction of sp³-hybridized carbons (Fsp3) is 0.174. The minimum Gasteiger partial charge on any atom is -0.361 e. The Morgan fingerprint density at radius 2 is 1.91 bits per heavy atom. The summed E-state index contributed by atoms with van der Waals surface area (Å²) in [6.07, 6.45) is 4.85. The topological polar surface area (TPSA) is 97.6 Å². The van der Waals surface area contributed by atoms with Crippen LogP contribution in [0.3, 0.4) is 0 Å². The van der Waals surface area contributed by atoms with E-state index in [4.69, 9.17) is 11.6 Å². The molecule has 0 radical (unpaired) electrons. The van der Waals surface area contributed by atoms with Gasteiger partial charge in [0.1, 0.15) is 18.3 Å². The van der Waals surface area contributed by atoms with Crippen molar-refractivity contribution >= 4 is 23.3 Å². The van der Waals surface area contributed by atoms with E-state index in [0.717, 1.165) is 17.4 Å². The average Bonchev–Trinajstić information content (AvgIpc) is 3.40. The second-order valence-corrected chi connectivity index (χ2v) is 7.85. The second kappa shape index (κ2) is 10.5. The summed E-state index contributed by atoms with van der Waals surface area (Å²) in [7, 11) is 0. The Kier molecular flexibility index (Phi) is 7.25. The van der Waals surface area contributed by atoms with Crippen LogP contribution in [0, 0.1) is 5.82 Å². The normalized spacial score (nSPS) is 11.3. The van der Waals surface area contributed by atoms with Crippen LogP contribution < -0.4 is 10.6 Å². The van der Waals surface area contributed by atoms with Gasteiger partial charge in [0, 0.05) is 24.5 Å². The van der Waals surface area contributed by atoms with E-state index in [0.29, 0.717) is 0 Å². The molecule has 35 heavy (non-hydrogen) atoms. The zero-order chi connectivity index (χ0) is 24.8. The molecule has 0 saturated carbocycles. The fourth-order valence-corrected chi connectivity index (χ4v) is 3.49. The number of rotatable bonds is 9. The van der Waals surface area contributed by atoms with Gasteiger partial charge < -0.3 is 10.6 Å². The Bertz CT molecular complexity index is 1300. The molecule has 0 atom stereocenters. The average molecular weight is 502 g/mol. The summed E-state index contributed by atoms with van der Waals surface area (Å²) in [6, 6.07) is 11.4. The molecule has 8 nitrogen and oxygen atoms in total. The van der Waals surface area contributed by atoms with Gasteiger partial charge in [-0.3, -0.25) is 9.78 Å². The van der Waals surface area contributed by atoms with E-state index in [1.807, 2.05) is 12.1 Å². The van der Waals surface area contributed by atoms with Crippen molar-refractivity contribution < 1.29 is 18.0 Å². The maximum atomic E-state index is 15.0. The van der Waals surface area contributed by atoms with Crippen molar-refractivity contribution in [1.82, 2.24) is 30.0 Å². The summed E-state index contributed by atoms with van der Waals surface area (Å²) >= 11 is 6.05. The molecule has 3 aromatic heterocycles. The van der Waals surface area contributed by atoms with Crippen molar-refractivity contribution in [3.05, 3.63) is 95.2 Å². The van der Waals surface area contributed by atoms with E-state index in [1.54, 1.807) is 16.8 Å². The predicted octanol–water partition coefficient (Wildman–Crippen LogP) is 3.91. The molecule has 0 saturated heterocycles. The standard InChI is InChI=1S/C23H19ClF3N7O/c24-17-11-31-22(32-12-23(26,27)19-7-3-4-8-29-19)21(25)16(17)9-20(35)30-10-15-5-1-2-6-18(15)34-14-28-13-33-34/h1-8,11,13-14H,9-10,12H2,(H,30,35)(H,31,32). The van der Waals surface area contributed by atoms with Crippen molar-refractivity contribution in [3.8, 4) is 5.69 Å². The molecular formula is C23H19ClF3N7O. The van der Waals surface area contributed by atoms with Crippen molar-refractivity contribution in [3.63, 3.8) is 0 Å². The lowest BCUT2D eigenvalue weighted by molar-refractivity contribution is -0.120. The van der Waals surface area contributed by atoms with Gasteiger partial charge >= 0.3 is 5.92 Å². The minimum absolute atomic E-state index is 0.0947. The summed E-state index contributed by atoms with van der Waals surface area (Å²) in [4.78, 5) is 23.9. The zero-order valence-electron chi connectivity index (χ0n) is 18.1. The Hall–Kier alpha value is -3.99. The molecule has 2 N–H and O–H groups in total. The lowest BCUT2D eigenvalue weighted by atomic mass is 10.1. The molecule has 0 unspecified atom stereocenters. The molecule has 0 aliphatic heterocycles. The molecular weight excluding hydrogens is 483 g/mol. The third-order valence-corrected chi connectivity index (χ3v) is 5.38. The molecule has 1 amide bonds. The van der Waals surface area contributed by atoms with Crippen LogP contribution in [0.15, 0.2) is 67.5 Å². The number of hydrogen-bond donors (Lipinski definition) is 2. The maximum Gasteiger partial charge on any atom is 0.306 e. The number of nitrogens with one attached hydrogen (secondary N) is 2. The summed E-state index contributed by atoms with van der Waals surface area (Å²) in [5, 5.41) is 8.99. The maximum absolute atomic E-state index is 15.0. The molecule has 180 valence electrons. The number of amides is 1. The first kappa shape index (κ1) is 24.1. The van der Waals surface area contributed by atoms with E-state index in [2.05, 4.69) is 30.7 Å². The number of pyridine rings is 2. The van der Waals surface area contributed by atoms with Crippen LogP contribution in [0.25, 0.3) is 5.69 Å². The van der Waals surface area contributed by atoms with Crippen LogP contribution in [-0.4, -0.2) is 37.2 Å². The number of halogens is 4. The van der Waals surface area contributed by atoms with Gasteiger partial charge in [-0.15, -0.1) is 0 Å². The number of anilines is 1. The molecule has 4 rings (SSSR count). The van der Waals surface area contributed by atoms with E-state index in [9.17, 15) is 13.6 Å². The van der Waals surface area contributed by atoms with E-state index in [1.165, 1.54) is 37.1 Å². The van der Waals surface area contributed by atoms with Crippen molar-refractivity contribution in [1.29, 1.82) is 0 Å². The highest BCUT2D eigenvalue weighted by molar-refractivity contribution is 6.31. The van der Waals surface area contributed by atoms with Gasteiger partial charge in [0.05, 0.1) is 23.7 Å². The highest BCUT2D eigenvalue weighted by atomic mass is 35.5. The summed E-state index contributed by atoms with van der Waals surface area (Å²) in [5.74, 6) is -5.31. The number of nitrogens with zero attached hydrogens (tertiary/aromatic N) is 5. The van der Waals surface area contributed by atoms with Gasteiger partial charge in [-0.25, -0.2) is 19.0 Å². The summed E-state index contributed by atoms with van der Waals surface area (Å²) < 4.78 is 45.3. The van der Waals surface area contributed by atoms with E-state index >= 15 is 4.39 Å². The van der Waals surface area contributed by atoms with Gasteiger partial charge in [-0.2, -0.15) is 13.9 Å². The van der Waals surface area contributed by atoms with Crippen LogP contribution in [0.4, 0.5) is 19.0 Å². The van der Waals surface area contributed by atoms with Crippen molar-refractivity contribution in [2.24, 2.45) is 0 Å². The Labute approximate surface area is 203 Å². The highest BCUT2D eigenvalue weighted by Gasteiger charge is 2.33. The molecule has 0 aliphatic rings. The Balaban J connectivity index is 1.43. The van der Waals surface area contributed by atoms with E-state index in [-0.39, 0.29) is 17.1 Å². The Morgan fingerprint density at radius 1 is 1.11 bits per heavy atom. The largest absolute Gasteiger partial charge is 0.361 e. The number of carbonyl (C=O) groups excluding carboxylic acids is 1. The minimum atomic E-state index is -3.37. The molecule has 4 aromatic rings. The van der Waals surface area contributed by atoms with Crippen LogP contribution in [0.2, 0.25) is 5.02 Å². The molecule has 0 bridgehead atoms. The number of carbonyl (C=O) groups is 1. The lowest BCUT2D eigenvalue weighted by Gasteiger charge is -2.18. The molecule has 1 aromatic carbocycles. The van der Waals surface area contributed by atoms with Crippen molar-refractivity contribution in [2.45, 2.75) is 18.9 Å². The van der Waals surface area contributed by atoms with Crippen LogP contribution >= 0.6 is 11.6 Å². The number of benzene rings is 1. The molecule has 0 aliphatic carbocycles. The SMILES string of the molecule is O=C(Cc1c(Cl)cnc(NCC(F)(F)c2ccccn2)c1F)NCc1ccccc1-n1cncn1. The van der Waals surface area contributed by atoms with Crippen molar-refractivity contribution in [2.75, 3.05) is 11.9 Å². The fourth-order valence-electron chi connectivity index (χ4n) is 3.29. The quantitative estimate of drug-likeness (QED) is 0.361. The summed E-state index contributed by atoms with van der Waals surface area (Å²) in [6.45, 7) is -0.805. The first-order valence-corrected chi connectivity index (χ1v) is 10.8. The van der Waals surface area contributed by atoms with Gasteiger partial charge in [0.2, 0.25) is 5.91 Å². The first-order chi connectivity index (χ1) is 16.8. The number of alkyl halides is 2. The summed E-state index contributed by atoms with van der Waals surface area (Å²) in [5.41, 5.74) is 0.852. The molecule has 0 spiro atoms. The third kappa shape index (κ3) is 5.75. The predicted molar refractivity (Wildman–Crippen MR) is 123 cm³/mol. The number of para-hydroxylation sites is 1. The molecule has 3 heterocycles. The smallest absolute Gasteiger partial charge is 0.306 e. The monoisotopic (exact) mass is 501 g/mol. The van der Waals surface area contributed by atoms with Gasteiger partial charge in [0.15, 0.2) is 11.6 Å². The zero-order valence-corrected chi connectivity index (χ0v) is 18.9. The lowest BCUT2D eigenvalue weighted by Crippen LogP contribution is -2.27. The van der Waals surface area contributed by atoms with Gasteiger partial charge in [-0.1, -0.05) is 35.9 Å².